The third-order valence-electron chi connectivity index (χ3n) is 4.56. The first-order chi connectivity index (χ1) is 13.2. The number of hydrogen-bond donors (Lipinski definition) is 1. The molecular formula is C21H22N4S2. The smallest absolute Gasteiger partial charge is 0.186 e. The molecule has 0 aliphatic carbocycles. The number of H-pyrrole nitrogens is 1. The lowest BCUT2D eigenvalue weighted by Gasteiger charge is -2.16. The highest BCUT2D eigenvalue weighted by Crippen LogP contribution is 2.37. The lowest BCUT2D eigenvalue weighted by atomic mass is 10.1. The molecule has 3 aromatic heterocycles. The summed E-state index contributed by atoms with van der Waals surface area (Å²) in [6, 6.07) is 12.6. The Morgan fingerprint density at radius 2 is 1.89 bits per heavy atom. The largest absolute Gasteiger partial charge is 0.349 e. The van der Waals surface area contributed by atoms with Crippen molar-refractivity contribution in [2.45, 2.75) is 30.6 Å². The van der Waals surface area contributed by atoms with Crippen molar-refractivity contribution in [3.8, 4) is 11.3 Å². The highest BCUT2D eigenvalue weighted by molar-refractivity contribution is 7.99. The van der Waals surface area contributed by atoms with Crippen LogP contribution >= 0.6 is 23.1 Å². The Balaban J connectivity index is 1.73. The summed E-state index contributed by atoms with van der Waals surface area (Å²) in [5, 5.41) is 2.21. The summed E-state index contributed by atoms with van der Waals surface area (Å²) < 4.78 is 0. The SMILES string of the molecule is CCN(CC)c1nc(-c2c[nH]c3ncc(Sc4ccccc4)cc23)c(C)s1. The third-order valence-corrected chi connectivity index (χ3v) is 6.56. The second-order valence-corrected chi connectivity index (χ2v) is 8.59. The van der Waals surface area contributed by atoms with Crippen molar-refractivity contribution in [2.75, 3.05) is 18.0 Å². The van der Waals surface area contributed by atoms with Gasteiger partial charge < -0.3 is 9.88 Å². The minimum Gasteiger partial charge on any atom is -0.349 e. The van der Waals surface area contributed by atoms with Crippen molar-refractivity contribution in [1.29, 1.82) is 0 Å². The quantitative estimate of drug-likeness (QED) is 0.436. The van der Waals surface area contributed by atoms with E-state index < -0.39 is 0 Å². The summed E-state index contributed by atoms with van der Waals surface area (Å²) in [6.07, 6.45) is 3.96. The maximum Gasteiger partial charge on any atom is 0.186 e. The summed E-state index contributed by atoms with van der Waals surface area (Å²) in [4.78, 5) is 18.7. The van der Waals surface area contributed by atoms with Crippen molar-refractivity contribution in [2.24, 2.45) is 0 Å². The first-order valence-corrected chi connectivity index (χ1v) is 10.8. The van der Waals surface area contributed by atoms with E-state index in [4.69, 9.17) is 4.98 Å². The zero-order valence-electron chi connectivity index (χ0n) is 15.7. The van der Waals surface area contributed by atoms with Gasteiger partial charge in [0, 0.05) is 51.1 Å². The highest BCUT2D eigenvalue weighted by Gasteiger charge is 2.17. The van der Waals surface area contributed by atoms with E-state index in [2.05, 4.69) is 66.0 Å². The Morgan fingerprint density at radius 3 is 2.63 bits per heavy atom. The van der Waals surface area contributed by atoms with Crippen LogP contribution in [0.3, 0.4) is 0 Å². The molecule has 3 heterocycles. The first-order valence-electron chi connectivity index (χ1n) is 9.12. The minimum absolute atomic E-state index is 0.902. The average Bonchev–Trinajstić information content (AvgIpc) is 3.26. The van der Waals surface area contributed by atoms with Crippen molar-refractivity contribution in [3.05, 3.63) is 53.7 Å². The Labute approximate surface area is 167 Å². The fourth-order valence-electron chi connectivity index (χ4n) is 3.12. The Hall–Kier alpha value is -2.31. The summed E-state index contributed by atoms with van der Waals surface area (Å²) in [5.74, 6) is 0. The van der Waals surface area contributed by atoms with Gasteiger partial charge in [0.2, 0.25) is 0 Å². The lowest BCUT2D eigenvalue weighted by Crippen LogP contribution is -2.21. The number of thiazole rings is 1. The number of aryl methyl sites for hydroxylation is 1. The van der Waals surface area contributed by atoms with Gasteiger partial charge in [0.1, 0.15) is 5.65 Å². The van der Waals surface area contributed by atoms with Gasteiger partial charge in [-0.05, 0) is 39.0 Å². The van der Waals surface area contributed by atoms with Crippen LogP contribution in [0, 0.1) is 6.92 Å². The van der Waals surface area contributed by atoms with E-state index >= 15 is 0 Å². The molecule has 0 aliphatic heterocycles. The second-order valence-electron chi connectivity index (χ2n) is 6.26. The molecule has 138 valence electrons. The standard InChI is InChI=1S/C21H22N4S2/c1-4-25(5-2)21-24-19(14(3)26-21)18-13-23-20-17(18)11-16(12-22-20)27-15-9-7-6-8-10-15/h6-13H,4-5H2,1-3H3,(H,22,23). The van der Waals surface area contributed by atoms with Crippen molar-refractivity contribution >= 4 is 39.3 Å². The molecule has 0 unspecified atom stereocenters. The number of hydrogen-bond acceptors (Lipinski definition) is 5. The van der Waals surface area contributed by atoms with E-state index in [0.717, 1.165) is 45.4 Å². The third kappa shape index (κ3) is 3.59. The van der Waals surface area contributed by atoms with E-state index in [1.807, 2.05) is 18.5 Å². The molecule has 0 atom stereocenters. The molecule has 0 spiro atoms. The number of benzene rings is 1. The number of aromatic amines is 1. The zero-order chi connectivity index (χ0) is 18.8. The van der Waals surface area contributed by atoms with E-state index in [9.17, 15) is 0 Å². The van der Waals surface area contributed by atoms with Crippen LogP contribution in [-0.4, -0.2) is 28.0 Å². The van der Waals surface area contributed by atoms with Crippen LogP contribution in [0.25, 0.3) is 22.3 Å². The maximum atomic E-state index is 4.95. The van der Waals surface area contributed by atoms with Crippen LogP contribution in [0.2, 0.25) is 0 Å². The number of anilines is 1. The summed E-state index contributed by atoms with van der Waals surface area (Å²) in [7, 11) is 0. The second kappa shape index (κ2) is 7.74. The van der Waals surface area contributed by atoms with Crippen molar-refractivity contribution < 1.29 is 0 Å². The number of nitrogens with one attached hydrogen (secondary N) is 1. The maximum absolute atomic E-state index is 4.95. The molecule has 6 heteroatoms. The fourth-order valence-corrected chi connectivity index (χ4v) is 5.02. The van der Waals surface area contributed by atoms with Crippen molar-refractivity contribution in [1.82, 2.24) is 15.0 Å². The predicted molar refractivity (Wildman–Crippen MR) is 116 cm³/mol. The van der Waals surface area contributed by atoms with Gasteiger partial charge in [0.05, 0.1) is 5.69 Å². The van der Waals surface area contributed by atoms with Gasteiger partial charge in [0.25, 0.3) is 0 Å². The molecule has 4 rings (SSSR count). The van der Waals surface area contributed by atoms with Gasteiger partial charge in [0.15, 0.2) is 5.13 Å². The molecule has 0 radical (unpaired) electrons. The number of pyridine rings is 1. The molecule has 0 saturated carbocycles. The molecule has 27 heavy (non-hydrogen) atoms. The zero-order valence-corrected chi connectivity index (χ0v) is 17.3. The highest BCUT2D eigenvalue weighted by atomic mass is 32.2. The monoisotopic (exact) mass is 394 g/mol. The van der Waals surface area contributed by atoms with Gasteiger partial charge in [-0.2, -0.15) is 0 Å². The Bertz CT molecular complexity index is 1050. The summed E-state index contributed by atoms with van der Waals surface area (Å²) >= 11 is 3.49. The molecule has 4 nitrogen and oxygen atoms in total. The molecule has 0 amide bonds. The van der Waals surface area contributed by atoms with Crippen LogP contribution in [-0.2, 0) is 0 Å². The normalized spacial score (nSPS) is 11.2. The topological polar surface area (TPSA) is 44.8 Å². The van der Waals surface area contributed by atoms with E-state index in [-0.39, 0.29) is 0 Å². The van der Waals surface area contributed by atoms with Gasteiger partial charge in [-0.25, -0.2) is 9.97 Å². The molecule has 0 bridgehead atoms. The lowest BCUT2D eigenvalue weighted by molar-refractivity contribution is 0.860. The predicted octanol–water partition coefficient (Wildman–Crippen LogP) is 5.99. The van der Waals surface area contributed by atoms with Crippen molar-refractivity contribution in [3.63, 3.8) is 0 Å². The Kier molecular flexibility index (Phi) is 5.18. The van der Waals surface area contributed by atoms with Crippen LogP contribution in [0.1, 0.15) is 18.7 Å². The first kappa shape index (κ1) is 18.1. The number of nitrogens with zero attached hydrogens (tertiary/aromatic N) is 3. The van der Waals surface area contributed by atoms with E-state index in [1.165, 1.54) is 9.77 Å². The molecule has 0 saturated heterocycles. The van der Waals surface area contributed by atoms with Gasteiger partial charge in [-0.1, -0.05) is 30.0 Å². The van der Waals surface area contributed by atoms with Crippen LogP contribution in [0.15, 0.2) is 58.6 Å². The van der Waals surface area contributed by atoms with Gasteiger partial charge in [-0.15, -0.1) is 11.3 Å². The summed E-state index contributed by atoms with van der Waals surface area (Å²) in [5.41, 5.74) is 3.08. The molecule has 0 aliphatic rings. The number of rotatable bonds is 6. The molecule has 4 aromatic rings. The van der Waals surface area contributed by atoms with E-state index in [1.54, 1.807) is 23.1 Å². The summed E-state index contributed by atoms with van der Waals surface area (Å²) in [6.45, 7) is 8.42. The van der Waals surface area contributed by atoms with E-state index in [0.29, 0.717) is 0 Å². The number of fused-ring (bicyclic) bond motifs is 1. The fraction of sp³-hybridized carbons (Fsp3) is 0.238. The molecular weight excluding hydrogens is 372 g/mol. The van der Waals surface area contributed by atoms with Gasteiger partial charge >= 0.3 is 0 Å². The Morgan fingerprint density at radius 1 is 1.11 bits per heavy atom. The minimum atomic E-state index is 0.902. The molecule has 0 fully saturated rings. The van der Waals surface area contributed by atoms with Crippen LogP contribution < -0.4 is 4.90 Å². The van der Waals surface area contributed by atoms with Gasteiger partial charge in [-0.3, -0.25) is 0 Å². The average molecular weight is 395 g/mol. The molecule has 1 N–H and O–H groups in total. The number of aromatic nitrogens is 3. The van der Waals surface area contributed by atoms with Crippen LogP contribution in [0.4, 0.5) is 5.13 Å². The van der Waals surface area contributed by atoms with Crippen LogP contribution in [0.5, 0.6) is 0 Å². The molecule has 1 aromatic carbocycles.